The number of carbonyl (C=O) groups excluding carboxylic acids is 1. The summed E-state index contributed by atoms with van der Waals surface area (Å²) in [6.07, 6.45) is 2.97. The van der Waals surface area contributed by atoms with Gasteiger partial charge in [0, 0.05) is 25.0 Å². The van der Waals surface area contributed by atoms with Crippen LogP contribution in [0.25, 0.3) is 0 Å². The second-order valence-electron chi connectivity index (χ2n) is 2.71. The van der Waals surface area contributed by atoms with Crippen LogP contribution in [0.15, 0.2) is 18.5 Å². The Bertz CT molecular complexity index is 313. The monoisotopic (exact) mass is 180 g/mol. The minimum atomic E-state index is -0.515. The Morgan fingerprint density at radius 2 is 2.23 bits per heavy atom. The smallest absolute Gasteiger partial charge is 0.250 e. The summed E-state index contributed by atoms with van der Waals surface area (Å²) in [6.45, 7) is 0.309. The second-order valence-corrected chi connectivity index (χ2v) is 2.71. The van der Waals surface area contributed by atoms with Crippen molar-refractivity contribution in [3.63, 3.8) is 0 Å². The van der Waals surface area contributed by atoms with Crippen molar-refractivity contribution in [1.82, 2.24) is 4.98 Å². The molecule has 0 aliphatic rings. The molecule has 1 aromatic heterocycles. The molecule has 1 aromatic rings. The third-order valence-corrected chi connectivity index (χ3v) is 1.73. The van der Waals surface area contributed by atoms with Crippen molar-refractivity contribution in [3.05, 3.63) is 29.6 Å². The highest BCUT2D eigenvalue weighted by Gasteiger charge is 2.06. The van der Waals surface area contributed by atoms with Crippen molar-refractivity contribution in [2.24, 2.45) is 17.2 Å². The molecule has 0 radical (unpaired) electrons. The van der Waals surface area contributed by atoms with Crippen LogP contribution in [0.5, 0.6) is 0 Å². The minimum Gasteiger partial charge on any atom is -0.366 e. The first-order valence-corrected chi connectivity index (χ1v) is 3.85. The van der Waals surface area contributed by atoms with E-state index >= 15 is 0 Å². The molecule has 0 fully saturated rings. The van der Waals surface area contributed by atoms with E-state index in [4.69, 9.17) is 17.2 Å². The number of aromatic nitrogens is 1. The molecule has 1 rings (SSSR count). The molecule has 5 nitrogen and oxygen atoms in total. The van der Waals surface area contributed by atoms with Crippen LogP contribution >= 0.6 is 0 Å². The number of primary amides is 1. The molecule has 1 amide bonds. The molecule has 70 valence electrons. The summed E-state index contributed by atoms with van der Waals surface area (Å²) in [7, 11) is 0. The number of amides is 1. The zero-order valence-corrected chi connectivity index (χ0v) is 7.10. The molecular formula is C8H12N4O. The zero-order chi connectivity index (χ0) is 9.84. The highest BCUT2D eigenvalue weighted by atomic mass is 16.1. The average molecular weight is 180 g/mol. The SMILES string of the molecule is NCC(N)c1cncc(C(N)=O)c1. The van der Waals surface area contributed by atoms with Gasteiger partial charge in [-0.15, -0.1) is 0 Å². The lowest BCUT2D eigenvalue weighted by Crippen LogP contribution is -2.21. The van der Waals surface area contributed by atoms with Gasteiger partial charge in [0.2, 0.25) is 5.91 Å². The molecule has 1 atom stereocenters. The number of hydrogen-bond acceptors (Lipinski definition) is 4. The largest absolute Gasteiger partial charge is 0.366 e. The molecular weight excluding hydrogens is 168 g/mol. The number of nitrogens with zero attached hydrogens (tertiary/aromatic N) is 1. The van der Waals surface area contributed by atoms with Crippen LogP contribution in [0.4, 0.5) is 0 Å². The van der Waals surface area contributed by atoms with E-state index in [0.29, 0.717) is 12.1 Å². The Morgan fingerprint density at radius 1 is 1.54 bits per heavy atom. The molecule has 0 spiro atoms. The third-order valence-electron chi connectivity index (χ3n) is 1.73. The van der Waals surface area contributed by atoms with E-state index < -0.39 is 5.91 Å². The lowest BCUT2D eigenvalue weighted by molar-refractivity contribution is 0.1000. The minimum absolute atomic E-state index is 0.299. The predicted octanol–water partition coefficient (Wildman–Crippen LogP) is -0.861. The lowest BCUT2D eigenvalue weighted by atomic mass is 10.1. The summed E-state index contributed by atoms with van der Waals surface area (Å²) in [6, 6.07) is 1.30. The Labute approximate surface area is 75.9 Å². The van der Waals surface area contributed by atoms with E-state index in [-0.39, 0.29) is 6.04 Å². The fourth-order valence-electron chi connectivity index (χ4n) is 0.931. The highest BCUT2D eigenvalue weighted by molar-refractivity contribution is 5.92. The van der Waals surface area contributed by atoms with E-state index in [1.165, 1.54) is 6.20 Å². The Kier molecular flexibility index (Phi) is 2.94. The molecule has 1 unspecified atom stereocenters. The van der Waals surface area contributed by atoms with Crippen LogP contribution in [0, 0.1) is 0 Å². The quantitative estimate of drug-likeness (QED) is 0.562. The first-order chi connectivity index (χ1) is 6.15. The van der Waals surface area contributed by atoms with Crippen LogP contribution in [-0.4, -0.2) is 17.4 Å². The maximum atomic E-state index is 10.8. The van der Waals surface area contributed by atoms with Crippen LogP contribution in [0.3, 0.4) is 0 Å². The van der Waals surface area contributed by atoms with Crippen molar-refractivity contribution in [2.75, 3.05) is 6.54 Å². The fourth-order valence-corrected chi connectivity index (χ4v) is 0.931. The Balaban J connectivity index is 2.98. The molecule has 0 bridgehead atoms. The predicted molar refractivity (Wildman–Crippen MR) is 48.7 cm³/mol. The summed E-state index contributed by atoms with van der Waals surface area (Å²) in [5, 5.41) is 0. The second kappa shape index (κ2) is 3.97. The van der Waals surface area contributed by atoms with Gasteiger partial charge in [0.25, 0.3) is 0 Å². The number of pyridine rings is 1. The van der Waals surface area contributed by atoms with Crippen molar-refractivity contribution < 1.29 is 4.79 Å². The summed E-state index contributed by atoms with van der Waals surface area (Å²) in [5.74, 6) is -0.515. The van der Waals surface area contributed by atoms with Gasteiger partial charge in [-0.05, 0) is 11.6 Å². The van der Waals surface area contributed by atoms with Gasteiger partial charge in [-0.3, -0.25) is 9.78 Å². The normalized spacial score (nSPS) is 12.5. The van der Waals surface area contributed by atoms with Crippen molar-refractivity contribution in [2.45, 2.75) is 6.04 Å². The van der Waals surface area contributed by atoms with Gasteiger partial charge < -0.3 is 17.2 Å². The number of hydrogen-bond donors (Lipinski definition) is 3. The average Bonchev–Trinajstić information content (AvgIpc) is 2.17. The van der Waals surface area contributed by atoms with Gasteiger partial charge in [0.1, 0.15) is 0 Å². The van der Waals surface area contributed by atoms with E-state index in [0.717, 1.165) is 5.56 Å². The summed E-state index contributed by atoms with van der Waals surface area (Å²) >= 11 is 0. The van der Waals surface area contributed by atoms with E-state index in [1.807, 2.05) is 0 Å². The molecule has 6 N–H and O–H groups in total. The van der Waals surface area contributed by atoms with E-state index in [9.17, 15) is 4.79 Å². The molecule has 1 heterocycles. The van der Waals surface area contributed by atoms with Gasteiger partial charge in [-0.25, -0.2) is 0 Å². The van der Waals surface area contributed by atoms with Crippen LogP contribution in [-0.2, 0) is 0 Å². The third kappa shape index (κ3) is 2.24. The molecule has 0 aromatic carbocycles. The number of rotatable bonds is 3. The van der Waals surface area contributed by atoms with Gasteiger partial charge in [0.15, 0.2) is 0 Å². The molecule has 0 aliphatic heterocycles. The maximum absolute atomic E-state index is 10.8. The molecule has 0 saturated heterocycles. The maximum Gasteiger partial charge on any atom is 0.250 e. The standard InChI is InChI=1S/C8H12N4O/c9-2-7(10)5-1-6(8(11)13)4-12-3-5/h1,3-4,7H,2,9-10H2,(H2,11,13). The summed E-state index contributed by atoms with van der Waals surface area (Å²) in [4.78, 5) is 14.6. The first-order valence-electron chi connectivity index (χ1n) is 3.85. The highest BCUT2D eigenvalue weighted by Crippen LogP contribution is 2.08. The summed E-state index contributed by atoms with van der Waals surface area (Å²) in [5.41, 5.74) is 17.2. The van der Waals surface area contributed by atoms with E-state index in [2.05, 4.69) is 4.98 Å². The van der Waals surface area contributed by atoms with Gasteiger partial charge in [-0.2, -0.15) is 0 Å². The molecule has 5 heteroatoms. The van der Waals surface area contributed by atoms with Crippen molar-refractivity contribution >= 4 is 5.91 Å². The fraction of sp³-hybridized carbons (Fsp3) is 0.250. The van der Waals surface area contributed by atoms with Crippen molar-refractivity contribution in [1.29, 1.82) is 0 Å². The van der Waals surface area contributed by atoms with Crippen LogP contribution in [0.2, 0.25) is 0 Å². The van der Waals surface area contributed by atoms with Crippen LogP contribution in [0.1, 0.15) is 22.0 Å². The Hall–Kier alpha value is -1.46. The Morgan fingerprint density at radius 3 is 2.77 bits per heavy atom. The summed E-state index contributed by atoms with van der Waals surface area (Å²) < 4.78 is 0. The number of carbonyl (C=O) groups is 1. The zero-order valence-electron chi connectivity index (χ0n) is 7.10. The van der Waals surface area contributed by atoms with Crippen molar-refractivity contribution in [3.8, 4) is 0 Å². The van der Waals surface area contributed by atoms with Gasteiger partial charge >= 0.3 is 0 Å². The first kappa shape index (κ1) is 9.63. The van der Waals surface area contributed by atoms with Gasteiger partial charge in [-0.1, -0.05) is 0 Å². The lowest BCUT2D eigenvalue weighted by Gasteiger charge is -2.08. The van der Waals surface area contributed by atoms with E-state index in [1.54, 1.807) is 12.3 Å². The number of nitrogens with two attached hydrogens (primary N) is 3. The molecule has 0 aliphatic carbocycles. The van der Waals surface area contributed by atoms with Gasteiger partial charge in [0.05, 0.1) is 5.56 Å². The molecule has 0 saturated carbocycles. The topological polar surface area (TPSA) is 108 Å². The van der Waals surface area contributed by atoms with Crippen LogP contribution < -0.4 is 17.2 Å². The molecule has 13 heavy (non-hydrogen) atoms.